The van der Waals surface area contributed by atoms with Gasteiger partial charge in [-0.05, 0) is 12.1 Å². The Morgan fingerprint density at radius 1 is 1.14 bits per heavy atom. The summed E-state index contributed by atoms with van der Waals surface area (Å²) in [6.07, 6.45) is -4.58. The van der Waals surface area contributed by atoms with Crippen LogP contribution in [0.2, 0.25) is 0 Å². The van der Waals surface area contributed by atoms with Crippen LogP contribution in [0.4, 0.5) is 19.0 Å². The minimum atomic E-state index is -4.58. The minimum absolute atomic E-state index is 0.0365. The molecule has 21 heavy (non-hydrogen) atoms. The Morgan fingerprint density at radius 2 is 1.86 bits per heavy atom. The molecule has 0 amide bonds. The van der Waals surface area contributed by atoms with E-state index in [2.05, 4.69) is 10.1 Å². The summed E-state index contributed by atoms with van der Waals surface area (Å²) in [6, 6.07) is 8.38. The third-order valence-electron chi connectivity index (χ3n) is 2.92. The van der Waals surface area contributed by atoms with E-state index in [-0.39, 0.29) is 22.9 Å². The smallest absolute Gasteiger partial charge is 0.435 e. The number of aromatic hydroxyl groups is 1. The molecule has 0 unspecified atom stereocenters. The van der Waals surface area contributed by atoms with Crippen LogP contribution in [0, 0.1) is 0 Å². The summed E-state index contributed by atoms with van der Waals surface area (Å²) in [5.41, 5.74) is 5.04. The van der Waals surface area contributed by atoms with Crippen LogP contribution in [0.3, 0.4) is 0 Å². The molecule has 0 fully saturated rings. The lowest BCUT2D eigenvalue weighted by Gasteiger charge is -2.07. The zero-order valence-electron chi connectivity index (χ0n) is 10.5. The molecule has 1 aromatic carbocycles. The normalized spacial score (nSPS) is 12.0. The maximum atomic E-state index is 12.8. The van der Waals surface area contributed by atoms with Crippen LogP contribution >= 0.6 is 0 Å². The molecule has 3 N–H and O–H groups in total. The van der Waals surface area contributed by atoms with Gasteiger partial charge >= 0.3 is 6.18 Å². The van der Waals surface area contributed by atoms with Crippen molar-refractivity contribution in [1.29, 1.82) is 0 Å². The average molecular weight is 294 g/mol. The van der Waals surface area contributed by atoms with Gasteiger partial charge < -0.3 is 10.8 Å². The molecule has 5 nitrogen and oxygen atoms in total. The minimum Gasteiger partial charge on any atom is -0.507 e. The Kier molecular flexibility index (Phi) is 2.75. The lowest BCUT2D eigenvalue weighted by atomic mass is 10.1. The van der Waals surface area contributed by atoms with E-state index < -0.39 is 11.9 Å². The summed E-state index contributed by atoms with van der Waals surface area (Å²) >= 11 is 0. The van der Waals surface area contributed by atoms with E-state index in [1.165, 1.54) is 12.1 Å². The number of aromatic nitrogens is 3. The van der Waals surface area contributed by atoms with Crippen molar-refractivity contribution < 1.29 is 18.3 Å². The van der Waals surface area contributed by atoms with Gasteiger partial charge in [0.25, 0.3) is 0 Å². The van der Waals surface area contributed by atoms with E-state index in [4.69, 9.17) is 5.73 Å². The van der Waals surface area contributed by atoms with Crippen molar-refractivity contribution in [3.8, 4) is 17.0 Å². The van der Waals surface area contributed by atoms with Crippen molar-refractivity contribution in [2.45, 2.75) is 6.18 Å². The second kappa shape index (κ2) is 4.37. The lowest BCUT2D eigenvalue weighted by Crippen LogP contribution is -2.06. The number of rotatable bonds is 1. The Bertz CT molecular complexity index is 826. The van der Waals surface area contributed by atoms with Crippen molar-refractivity contribution in [3.05, 3.63) is 42.1 Å². The number of alkyl halides is 3. The van der Waals surface area contributed by atoms with Gasteiger partial charge in [0.2, 0.25) is 0 Å². The summed E-state index contributed by atoms with van der Waals surface area (Å²) in [4.78, 5) is 3.82. The number of benzene rings is 1. The van der Waals surface area contributed by atoms with Gasteiger partial charge in [0.05, 0.1) is 5.69 Å². The van der Waals surface area contributed by atoms with E-state index in [9.17, 15) is 18.3 Å². The highest BCUT2D eigenvalue weighted by Crippen LogP contribution is 2.33. The first-order valence-corrected chi connectivity index (χ1v) is 5.88. The highest BCUT2D eigenvalue weighted by Gasteiger charge is 2.34. The zero-order valence-corrected chi connectivity index (χ0v) is 10.5. The Hall–Kier alpha value is -2.77. The fourth-order valence-electron chi connectivity index (χ4n) is 2.01. The summed E-state index contributed by atoms with van der Waals surface area (Å²) in [7, 11) is 0. The Morgan fingerprint density at radius 3 is 2.52 bits per heavy atom. The van der Waals surface area contributed by atoms with Gasteiger partial charge in [0.15, 0.2) is 11.3 Å². The van der Waals surface area contributed by atoms with Crippen LogP contribution < -0.4 is 5.73 Å². The number of nitrogens with zero attached hydrogens (tertiary/aromatic N) is 3. The molecule has 0 aliphatic rings. The monoisotopic (exact) mass is 294 g/mol. The third kappa shape index (κ3) is 2.24. The van der Waals surface area contributed by atoms with E-state index in [1.54, 1.807) is 18.2 Å². The van der Waals surface area contributed by atoms with Crippen molar-refractivity contribution in [2.75, 3.05) is 5.73 Å². The summed E-state index contributed by atoms with van der Waals surface area (Å²) in [6.45, 7) is 0. The molecular weight excluding hydrogens is 285 g/mol. The lowest BCUT2D eigenvalue weighted by molar-refractivity contribution is -0.141. The van der Waals surface area contributed by atoms with Crippen LogP contribution in [0.25, 0.3) is 16.9 Å². The third-order valence-corrected chi connectivity index (χ3v) is 2.92. The summed E-state index contributed by atoms with van der Waals surface area (Å²) < 4.78 is 39.3. The molecule has 0 bridgehead atoms. The number of phenols is 1. The van der Waals surface area contributed by atoms with E-state index in [0.29, 0.717) is 5.56 Å². The molecule has 2 heterocycles. The zero-order chi connectivity index (χ0) is 15.2. The first-order chi connectivity index (χ1) is 9.86. The van der Waals surface area contributed by atoms with Crippen molar-refractivity contribution in [2.24, 2.45) is 0 Å². The molecule has 0 atom stereocenters. The van der Waals surface area contributed by atoms with Gasteiger partial charge in [0.1, 0.15) is 11.6 Å². The highest BCUT2D eigenvalue weighted by molar-refractivity contribution is 5.71. The fourth-order valence-corrected chi connectivity index (χ4v) is 2.01. The van der Waals surface area contributed by atoms with Gasteiger partial charge in [-0.2, -0.15) is 18.3 Å². The first-order valence-electron chi connectivity index (χ1n) is 5.88. The van der Waals surface area contributed by atoms with Crippen molar-refractivity contribution in [3.63, 3.8) is 0 Å². The Balaban J connectivity index is 2.32. The van der Waals surface area contributed by atoms with E-state index >= 15 is 0 Å². The van der Waals surface area contributed by atoms with Crippen LogP contribution in [0.5, 0.6) is 5.75 Å². The SMILES string of the molecule is Nc1cc(-c2ccccc2O)n2nc(C(F)(F)F)cc2n1. The molecular formula is C13H9F3N4O. The van der Waals surface area contributed by atoms with Gasteiger partial charge in [-0.1, -0.05) is 12.1 Å². The van der Waals surface area contributed by atoms with Gasteiger partial charge in [-0.25, -0.2) is 9.50 Å². The molecule has 0 saturated carbocycles. The number of para-hydroxylation sites is 1. The van der Waals surface area contributed by atoms with Gasteiger partial charge in [0, 0.05) is 17.7 Å². The predicted octanol–water partition coefficient (Wildman–Crippen LogP) is 2.70. The number of fused-ring (bicyclic) bond motifs is 1. The quantitative estimate of drug-likeness (QED) is 0.723. The topological polar surface area (TPSA) is 76.4 Å². The number of phenolic OH excluding ortho intramolecular Hbond substituents is 1. The molecule has 0 radical (unpaired) electrons. The maximum Gasteiger partial charge on any atom is 0.435 e. The predicted molar refractivity (Wildman–Crippen MR) is 69.5 cm³/mol. The molecule has 0 spiro atoms. The fraction of sp³-hybridized carbons (Fsp3) is 0.0769. The van der Waals surface area contributed by atoms with E-state index in [0.717, 1.165) is 10.6 Å². The maximum absolute atomic E-state index is 12.8. The molecule has 0 aliphatic carbocycles. The van der Waals surface area contributed by atoms with Gasteiger partial charge in [-0.15, -0.1) is 0 Å². The van der Waals surface area contributed by atoms with Crippen LogP contribution in [-0.2, 0) is 6.18 Å². The molecule has 108 valence electrons. The summed E-state index contributed by atoms with van der Waals surface area (Å²) in [5.74, 6) is -0.0529. The molecule has 3 rings (SSSR count). The number of halogens is 3. The first kappa shape index (κ1) is 13.2. The van der Waals surface area contributed by atoms with Crippen molar-refractivity contribution in [1.82, 2.24) is 14.6 Å². The largest absolute Gasteiger partial charge is 0.507 e. The average Bonchev–Trinajstić information content (AvgIpc) is 2.82. The number of hydrogen-bond donors (Lipinski definition) is 2. The second-order valence-electron chi connectivity index (χ2n) is 4.38. The number of nitrogen functional groups attached to an aromatic ring is 1. The molecule has 2 aromatic heterocycles. The number of hydrogen-bond acceptors (Lipinski definition) is 4. The van der Waals surface area contributed by atoms with Crippen molar-refractivity contribution >= 4 is 11.5 Å². The summed E-state index contributed by atoms with van der Waals surface area (Å²) in [5, 5.41) is 13.4. The molecule has 0 saturated heterocycles. The Labute approximate surface area is 116 Å². The number of nitrogens with two attached hydrogens (primary N) is 1. The van der Waals surface area contributed by atoms with Crippen LogP contribution in [-0.4, -0.2) is 19.7 Å². The van der Waals surface area contributed by atoms with Crippen LogP contribution in [0.15, 0.2) is 36.4 Å². The van der Waals surface area contributed by atoms with E-state index in [1.807, 2.05) is 0 Å². The molecule has 3 aromatic rings. The number of anilines is 1. The second-order valence-corrected chi connectivity index (χ2v) is 4.38. The van der Waals surface area contributed by atoms with Gasteiger partial charge in [-0.3, -0.25) is 0 Å². The highest BCUT2D eigenvalue weighted by atomic mass is 19.4. The van der Waals surface area contributed by atoms with Crippen LogP contribution in [0.1, 0.15) is 5.69 Å². The standard InChI is InChI=1S/C13H9F3N4O/c14-13(15,16)10-6-12-18-11(17)5-8(20(12)19-10)7-3-1-2-4-9(7)21/h1-6,21H,(H2,17,18). The molecule has 0 aliphatic heterocycles. The molecule has 8 heteroatoms.